The van der Waals surface area contributed by atoms with Crippen molar-refractivity contribution in [3.05, 3.63) is 0 Å². The Labute approximate surface area is 113 Å². The molecule has 0 heterocycles. The lowest BCUT2D eigenvalue weighted by Crippen LogP contribution is -2.54. The third kappa shape index (κ3) is 2.55. The minimum Gasteiger partial charge on any atom is -0.369 e. The summed E-state index contributed by atoms with van der Waals surface area (Å²) in [6, 6.07) is 0.420. The van der Waals surface area contributed by atoms with Gasteiger partial charge in [0.05, 0.1) is 0 Å². The number of carbonyl (C=O) groups excluding carboxylic acids is 2. The minimum atomic E-state index is -0.238. The van der Waals surface area contributed by atoms with Crippen molar-refractivity contribution in [2.75, 3.05) is 0 Å². The van der Waals surface area contributed by atoms with E-state index in [1.54, 1.807) is 0 Å². The average Bonchev–Trinajstić information content (AvgIpc) is 2.93. The van der Waals surface area contributed by atoms with Crippen molar-refractivity contribution in [1.82, 2.24) is 10.6 Å². The number of fused-ring (bicyclic) bond motifs is 1. The summed E-state index contributed by atoms with van der Waals surface area (Å²) in [6.45, 7) is 0. The standard InChI is InChI=1S/C14H23N3O2/c15-13(18)9-4-5-10(6-9)16-14(19)17-12-7-8-2-1-3-11(8)12/h8-12H,1-7H2,(H2,15,18)(H2,16,17,19)/t8?,9-,10+,11?,12?/m1/s1. The predicted octanol–water partition coefficient (Wildman–Crippen LogP) is 1.13. The molecule has 0 aliphatic heterocycles. The molecule has 3 aliphatic carbocycles. The second kappa shape index (κ2) is 5.02. The maximum atomic E-state index is 11.9. The second-order valence-electron chi connectivity index (χ2n) is 6.42. The fourth-order valence-corrected chi connectivity index (χ4v) is 4.13. The van der Waals surface area contributed by atoms with E-state index in [0.29, 0.717) is 18.4 Å². The Morgan fingerprint density at radius 1 is 1.00 bits per heavy atom. The molecule has 0 saturated heterocycles. The first-order chi connectivity index (χ1) is 9.13. The molecule has 106 valence electrons. The molecule has 3 fully saturated rings. The van der Waals surface area contributed by atoms with E-state index in [4.69, 9.17) is 5.73 Å². The van der Waals surface area contributed by atoms with Crippen LogP contribution in [-0.4, -0.2) is 24.0 Å². The lowest BCUT2D eigenvalue weighted by molar-refractivity contribution is -0.121. The van der Waals surface area contributed by atoms with E-state index in [2.05, 4.69) is 10.6 Å². The van der Waals surface area contributed by atoms with Gasteiger partial charge in [0, 0.05) is 18.0 Å². The molecule has 0 radical (unpaired) electrons. The Morgan fingerprint density at radius 2 is 1.84 bits per heavy atom. The fourth-order valence-electron chi connectivity index (χ4n) is 4.13. The van der Waals surface area contributed by atoms with Crippen LogP contribution in [0, 0.1) is 17.8 Å². The molecule has 5 nitrogen and oxygen atoms in total. The van der Waals surface area contributed by atoms with Gasteiger partial charge in [-0.3, -0.25) is 4.79 Å². The quantitative estimate of drug-likeness (QED) is 0.714. The van der Waals surface area contributed by atoms with E-state index in [1.165, 1.54) is 19.3 Å². The first-order valence-corrected chi connectivity index (χ1v) is 7.50. The van der Waals surface area contributed by atoms with Gasteiger partial charge in [-0.25, -0.2) is 4.79 Å². The van der Waals surface area contributed by atoms with Crippen LogP contribution in [0.15, 0.2) is 0 Å². The van der Waals surface area contributed by atoms with E-state index < -0.39 is 0 Å². The Hall–Kier alpha value is -1.26. The van der Waals surface area contributed by atoms with Crippen molar-refractivity contribution < 1.29 is 9.59 Å². The van der Waals surface area contributed by atoms with E-state index in [-0.39, 0.29) is 23.9 Å². The highest BCUT2D eigenvalue weighted by molar-refractivity contribution is 5.78. The molecule has 5 heteroatoms. The van der Waals surface area contributed by atoms with Crippen LogP contribution in [0.4, 0.5) is 4.79 Å². The number of urea groups is 1. The summed E-state index contributed by atoms with van der Waals surface area (Å²) in [5.41, 5.74) is 5.29. The SMILES string of the molecule is NC(=O)[C@@H]1CC[C@H](NC(=O)NC2CC3CCCC32)C1. The molecule has 19 heavy (non-hydrogen) atoms. The van der Waals surface area contributed by atoms with Crippen LogP contribution in [-0.2, 0) is 4.79 Å². The summed E-state index contributed by atoms with van der Waals surface area (Å²) in [7, 11) is 0. The first-order valence-electron chi connectivity index (χ1n) is 7.50. The number of amides is 3. The van der Waals surface area contributed by atoms with E-state index >= 15 is 0 Å². The van der Waals surface area contributed by atoms with Gasteiger partial charge in [0.15, 0.2) is 0 Å². The molecule has 0 aromatic heterocycles. The predicted molar refractivity (Wildman–Crippen MR) is 71.2 cm³/mol. The smallest absolute Gasteiger partial charge is 0.315 e. The van der Waals surface area contributed by atoms with Gasteiger partial charge < -0.3 is 16.4 Å². The summed E-state index contributed by atoms with van der Waals surface area (Å²) in [5.74, 6) is 1.27. The molecule has 3 unspecified atom stereocenters. The number of hydrogen-bond acceptors (Lipinski definition) is 2. The van der Waals surface area contributed by atoms with Crippen LogP contribution < -0.4 is 16.4 Å². The van der Waals surface area contributed by atoms with E-state index in [9.17, 15) is 9.59 Å². The molecule has 0 aromatic rings. The van der Waals surface area contributed by atoms with Crippen LogP contribution in [0.5, 0.6) is 0 Å². The Bertz CT molecular complexity index is 385. The van der Waals surface area contributed by atoms with Crippen molar-refractivity contribution >= 4 is 11.9 Å². The summed E-state index contributed by atoms with van der Waals surface area (Å²) < 4.78 is 0. The zero-order chi connectivity index (χ0) is 13.4. The highest BCUT2D eigenvalue weighted by atomic mass is 16.2. The van der Waals surface area contributed by atoms with E-state index in [1.807, 2.05) is 0 Å². The highest BCUT2D eigenvalue weighted by Gasteiger charge is 2.44. The van der Waals surface area contributed by atoms with Crippen molar-refractivity contribution in [3.63, 3.8) is 0 Å². The molecule has 0 bridgehead atoms. The fraction of sp³-hybridized carbons (Fsp3) is 0.857. The molecule has 3 aliphatic rings. The summed E-state index contributed by atoms with van der Waals surface area (Å²) in [6.07, 6.45) is 7.42. The van der Waals surface area contributed by atoms with Gasteiger partial charge in [-0.05, 0) is 43.9 Å². The van der Waals surface area contributed by atoms with Gasteiger partial charge in [0.25, 0.3) is 0 Å². The average molecular weight is 265 g/mol. The summed E-state index contributed by atoms with van der Waals surface area (Å²) in [5, 5.41) is 6.08. The Balaban J connectivity index is 1.41. The molecule has 4 N–H and O–H groups in total. The van der Waals surface area contributed by atoms with Gasteiger partial charge in [0.2, 0.25) is 5.91 Å². The molecular weight excluding hydrogens is 242 g/mol. The molecule has 3 saturated carbocycles. The Kier molecular flexibility index (Phi) is 3.37. The third-order valence-corrected chi connectivity index (χ3v) is 5.28. The molecule has 3 amide bonds. The highest BCUT2D eigenvalue weighted by Crippen LogP contribution is 2.46. The lowest BCUT2D eigenvalue weighted by atomic mass is 9.71. The summed E-state index contributed by atoms with van der Waals surface area (Å²) in [4.78, 5) is 23.0. The molecular formula is C14H23N3O2. The van der Waals surface area contributed by atoms with Crippen LogP contribution in [0.1, 0.15) is 44.9 Å². The summed E-state index contributed by atoms with van der Waals surface area (Å²) >= 11 is 0. The maximum absolute atomic E-state index is 11.9. The van der Waals surface area contributed by atoms with E-state index in [0.717, 1.165) is 25.2 Å². The van der Waals surface area contributed by atoms with Gasteiger partial charge in [-0.1, -0.05) is 12.8 Å². The molecule has 5 atom stereocenters. The van der Waals surface area contributed by atoms with Gasteiger partial charge in [-0.15, -0.1) is 0 Å². The number of nitrogens with two attached hydrogens (primary N) is 1. The molecule has 0 aromatic carbocycles. The largest absolute Gasteiger partial charge is 0.369 e. The normalized spacial score (nSPS) is 40.3. The number of rotatable bonds is 3. The zero-order valence-corrected chi connectivity index (χ0v) is 11.2. The topological polar surface area (TPSA) is 84.2 Å². The number of hydrogen-bond donors (Lipinski definition) is 3. The van der Waals surface area contributed by atoms with Gasteiger partial charge in [-0.2, -0.15) is 0 Å². The Morgan fingerprint density at radius 3 is 2.53 bits per heavy atom. The number of nitrogens with one attached hydrogen (secondary N) is 2. The molecule has 3 rings (SSSR count). The van der Waals surface area contributed by atoms with Crippen molar-refractivity contribution in [2.24, 2.45) is 23.5 Å². The monoisotopic (exact) mass is 265 g/mol. The van der Waals surface area contributed by atoms with Crippen molar-refractivity contribution in [2.45, 2.75) is 57.0 Å². The van der Waals surface area contributed by atoms with Gasteiger partial charge in [0.1, 0.15) is 0 Å². The lowest BCUT2D eigenvalue weighted by Gasteiger charge is -2.41. The maximum Gasteiger partial charge on any atom is 0.315 e. The van der Waals surface area contributed by atoms with Gasteiger partial charge >= 0.3 is 6.03 Å². The van der Waals surface area contributed by atoms with Crippen molar-refractivity contribution in [3.8, 4) is 0 Å². The third-order valence-electron chi connectivity index (χ3n) is 5.28. The number of carbonyl (C=O) groups is 2. The zero-order valence-electron chi connectivity index (χ0n) is 11.2. The number of primary amides is 1. The first kappa shape index (κ1) is 12.8. The van der Waals surface area contributed by atoms with Crippen LogP contribution in [0.3, 0.4) is 0 Å². The minimum absolute atomic E-state index is 0.0618. The molecule has 0 spiro atoms. The van der Waals surface area contributed by atoms with Crippen molar-refractivity contribution in [1.29, 1.82) is 0 Å². The van der Waals surface area contributed by atoms with Crippen LogP contribution >= 0.6 is 0 Å². The second-order valence-corrected chi connectivity index (χ2v) is 6.42. The van der Waals surface area contributed by atoms with Crippen LogP contribution in [0.25, 0.3) is 0 Å². The van der Waals surface area contributed by atoms with Crippen LogP contribution in [0.2, 0.25) is 0 Å².